The van der Waals surface area contributed by atoms with E-state index in [2.05, 4.69) is 16.3 Å². The third kappa shape index (κ3) is 3.76. The fraction of sp³-hybridized carbons (Fsp3) is 0.296. The molecule has 0 unspecified atom stereocenters. The van der Waals surface area contributed by atoms with Crippen LogP contribution in [0.3, 0.4) is 0 Å². The fourth-order valence-electron chi connectivity index (χ4n) is 5.44. The first-order chi connectivity index (χ1) is 16.5. The summed E-state index contributed by atoms with van der Waals surface area (Å²) in [6.45, 7) is 0.597. The molecule has 2 N–H and O–H groups in total. The zero-order chi connectivity index (χ0) is 23.8. The van der Waals surface area contributed by atoms with Gasteiger partial charge in [-0.25, -0.2) is 9.18 Å². The molecule has 2 aliphatic heterocycles. The summed E-state index contributed by atoms with van der Waals surface area (Å²) >= 11 is 0. The molecule has 0 radical (unpaired) electrons. The van der Waals surface area contributed by atoms with Gasteiger partial charge in [-0.2, -0.15) is 0 Å². The van der Waals surface area contributed by atoms with Gasteiger partial charge in [0.25, 0.3) is 0 Å². The molecule has 176 valence electrons. The second-order valence-corrected chi connectivity index (χ2v) is 8.86. The van der Waals surface area contributed by atoms with Gasteiger partial charge in [-0.15, -0.1) is 0 Å². The maximum absolute atomic E-state index is 13.5. The molecule has 7 heteroatoms. The summed E-state index contributed by atoms with van der Waals surface area (Å²) in [4.78, 5) is 17.4. The number of nitrogens with one attached hydrogen (secondary N) is 1. The second-order valence-electron chi connectivity index (χ2n) is 8.86. The molecular weight excluding hydrogens is 433 g/mol. The molecule has 2 heterocycles. The van der Waals surface area contributed by atoms with Crippen molar-refractivity contribution >= 4 is 17.4 Å². The van der Waals surface area contributed by atoms with Crippen LogP contribution in [0.25, 0.3) is 11.1 Å². The Morgan fingerprint density at radius 1 is 1.12 bits per heavy atom. The minimum absolute atomic E-state index is 0.0127. The molecule has 3 atom stereocenters. The zero-order valence-electron chi connectivity index (χ0n) is 19.2. The molecular formula is C27H28FN3O3. The maximum Gasteiger partial charge on any atom is 0.322 e. The molecule has 0 aromatic heterocycles. The summed E-state index contributed by atoms with van der Waals surface area (Å²) in [7, 11) is 3.57. The quantitative estimate of drug-likeness (QED) is 0.580. The first kappa shape index (κ1) is 22.2. The van der Waals surface area contributed by atoms with Crippen LogP contribution in [0.5, 0.6) is 5.75 Å². The van der Waals surface area contributed by atoms with E-state index in [1.807, 2.05) is 48.3 Å². The zero-order valence-corrected chi connectivity index (χ0v) is 19.2. The van der Waals surface area contributed by atoms with Crippen LogP contribution in [0, 0.1) is 11.7 Å². The fourth-order valence-corrected chi connectivity index (χ4v) is 5.44. The highest BCUT2D eigenvalue weighted by Gasteiger charge is 2.47. The second kappa shape index (κ2) is 8.99. The van der Waals surface area contributed by atoms with E-state index in [0.717, 1.165) is 28.8 Å². The van der Waals surface area contributed by atoms with Crippen molar-refractivity contribution in [3.8, 4) is 16.9 Å². The highest BCUT2D eigenvalue weighted by atomic mass is 19.1. The van der Waals surface area contributed by atoms with Gasteiger partial charge < -0.3 is 25.0 Å². The number of likely N-dealkylation sites (N-methyl/N-ethyl adjacent to an activating group) is 1. The summed E-state index contributed by atoms with van der Waals surface area (Å²) < 4.78 is 18.9. The van der Waals surface area contributed by atoms with E-state index in [9.17, 15) is 14.3 Å². The van der Waals surface area contributed by atoms with Crippen LogP contribution in [-0.4, -0.2) is 49.4 Å². The van der Waals surface area contributed by atoms with Crippen molar-refractivity contribution in [1.82, 2.24) is 4.90 Å². The molecule has 3 aromatic rings. The van der Waals surface area contributed by atoms with E-state index < -0.39 is 0 Å². The number of fused-ring (bicyclic) bond motifs is 3. The Morgan fingerprint density at radius 3 is 2.59 bits per heavy atom. The lowest BCUT2D eigenvalue weighted by molar-refractivity contribution is 0.168. The molecule has 0 bridgehead atoms. The maximum atomic E-state index is 13.5. The minimum atomic E-state index is -0.276. The Bertz CT molecular complexity index is 1200. The monoisotopic (exact) mass is 461 g/mol. The number of hydrogen-bond donors (Lipinski definition) is 2. The van der Waals surface area contributed by atoms with Gasteiger partial charge in [0.1, 0.15) is 11.6 Å². The largest absolute Gasteiger partial charge is 0.495 e. The van der Waals surface area contributed by atoms with Crippen molar-refractivity contribution in [2.24, 2.45) is 5.92 Å². The van der Waals surface area contributed by atoms with E-state index in [-0.39, 0.29) is 36.5 Å². The van der Waals surface area contributed by atoms with Crippen LogP contribution >= 0.6 is 0 Å². The number of aliphatic hydroxyl groups is 1. The lowest BCUT2D eigenvalue weighted by Gasteiger charge is -2.44. The predicted molar refractivity (Wildman–Crippen MR) is 131 cm³/mol. The Kier molecular flexibility index (Phi) is 5.87. The number of para-hydroxylation sites is 2. The molecule has 2 amide bonds. The number of aliphatic hydroxyl groups excluding tert-OH is 1. The smallest absolute Gasteiger partial charge is 0.322 e. The minimum Gasteiger partial charge on any atom is -0.495 e. The Balaban J connectivity index is 1.53. The number of methoxy groups -OCH3 is 1. The lowest BCUT2D eigenvalue weighted by Crippen LogP contribution is -2.48. The van der Waals surface area contributed by atoms with Crippen LogP contribution in [0.15, 0.2) is 66.7 Å². The Morgan fingerprint density at radius 2 is 1.85 bits per heavy atom. The van der Waals surface area contributed by atoms with Crippen molar-refractivity contribution in [1.29, 1.82) is 0 Å². The van der Waals surface area contributed by atoms with Gasteiger partial charge >= 0.3 is 6.03 Å². The SMILES string of the molecule is COc1ccccc1NC(=O)N1CC[C@@H]2[C@H]1c1cc(-c3ccc(F)cc3)ccc1N(C)[C@@H]2CO. The summed E-state index contributed by atoms with van der Waals surface area (Å²) in [5.41, 5.74) is 4.52. The molecule has 5 rings (SSSR count). The Labute approximate surface area is 198 Å². The number of urea groups is 1. The number of nitrogens with zero attached hydrogens (tertiary/aromatic N) is 2. The lowest BCUT2D eigenvalue weighted by atomic mass is 9.81. The molecule has 1 fully saturated rings. The van der Waals surface area contributed by atoms with Crippen LogP contribution < -0.4 is 15.0 Å². The average molecular weight is 462 g/mol. The number of halogens is 1. The Hall–Kier alpha value is -3.58. The first-order valence-corrected chi connectivity index (χ1v) is 11.5. The van der Waals surface area contributed by atoms with E-state index in [0.29, 0.717) is 18.0 Å². The number of anilines is 2. The van der Waals surface area contributed by atoms with E-state index >= 15 is 0 Å². The van der Waals surface area contributed by atoms with Crippen molar-refractivity contribution in [2.75, 3.05) is 37.5 Å². The molecule has 6 nitrogen and oxygen atoms in total. The summed E-state index contributed by atoms with van der Waals surface area (Å²) in [5, 5.41) is 13.2. The van der Waals surface area contributed by atoms with Crippen LogP contribution in [0.1, 0.15) is 18.0 Å². The number of carbonyl (C=O) groups is 1. The standard InChI is InChI=1S/C27H28FN3O3/c1-30-23-12-9-18(17-7-10-19(28)11-8-17)15-21(23)26-20(24(30)16-32)13-14-31(26)27(33)29-22-5-3-4-6-25(22)34-2/h3-12,15,20,24,26,32H,13-14,16H2,1-2H3,(H,29,33)/t20-,24+,26-/m0/s1. The molecule has 1 saturated heterocycles. The summed E-state index contributed by atoms with van der Waals surface area (Å²) in [6.07, 6.45) is 0.791. The highest BCUT2D eigenvalue weighted by molar-refractivity contribution is 5.92. The highest BCUT2D eigenvalue weighted by Crippen LogP contribution is 2.49. The van der Waals surface area contributed by atoms with E-state index in [1.165, 1.54) is 12.1 Å². The van der Waals surface area contributed by atoms with Crippen LogP contribution in [0.4, 0.5) is 20.6 Å². The number of hydrogen-bond acceptors (Lipinski definition) is 4. The normalized spacial score (nSPS) is 21.1. The number of benzene rings is 3. The molecule has 34 heavy (non-hydrogen) atoms. The number of likely N-dealkylation sites (tertiary alicyclic amines) is 1. The van der Waals surface area contributed by atoms with Gasteiger partial charge in [-0.3, -0.25) is 0 Å². The van der Waals surface area contributed by atoms with Gasteiger partial charge in [0, 0.05) is 25.2 Å². The van der Waals surface area contributed by atoms with Crippen molar-refractivity contribution in [2.45, 2.75) is 18.5 Å². The van der Waals surface area contributed by atoms with E-state index in [4.69, 9.17) is 4.74 Å². The molecule has 0 aliphatic carbocycles. The summed E-state index contributed by atoms with van der Waals surface area (Å²) in [6, 6.07) is 19.4. The molecule has 2 aliphatic rings. The molecule has 0 spiro atoms. The van der Waals surface area contributed by atoms with Gasteiger partial charge in [-0.05, 0) is 59.5 Å². The average Bonchev–Trinajstić information content (AvgIpc) is 3.30. The van der Waals surface area contributed by atoms with Crippen LogP contribution in [0.2, 0.25) is 0 Å². The third-order valence-corrected chi connectivity index (χ3v) is 7.14. The molecule has 0 saturated carbocycles. The third-order valence-electron chi connectivity index (χ3n) is 7.14. The number of carbonyl (C=O) groups excluding carboxylic acids is 1. The van der Waals surface area contributed by atoms with Gasteiger partial charge in [0.05, 0.1) is 31.5 Å². The van der Waals surface area contributed by atoms with Gasteiger partial charge in [-0.1, -0.05) is 30.3 Å². The van der Waals surface area contributed by atoms with Crippen molar-refractivity contribution in [3.05, 3.63) is 78.1 Å². The topological polar surface area (TPSA) is 65.0 Å². The van der Waals surface area contributed by atoms with Crippen molar-refractivity contribution in [3.63, 3.8) is 0 Å². The number of ether oxygens (including phenoxy) is 1. The summed E-state index contributed by atoms with van der Waals surface area (Å²) in [5.74, 6) is 0.416. The van der Waals surface area contributed by atoms with E-state index in [1.54, 1.807) is 19.2 Å². The number of rotatable bonds is 4. The van der Waals surface area contributed by atoms with Gasteiger partial charge in [0.2, 0.25) is 0 Å². The molecule has 3 aromatic carbocycles. The van der Waals surface area contributed by atoms with Crippen molar-refractivity contribution < 1.29 is 19.0 Å². The first-order valence-electron chi connectivity index (χ1n) is 11.5. The predicted octanol–water partition coefficient (Wildman–Crippen LogP) is 4.91. The van der Waals surface area contributed by atoms with Gasteiger partial charge in [0.15, 0.2) is 0 Å². The van der Waals surface area contributed by atoms with Crippen LogP contribution in [-0.2, 0) is 0 Å². The number of amides is 2.